The first-order valence-corrected chi connectivity index (χ1v) is 8.81. The van der Waals surface area contributed by atoms with Gasteiger partial charge in [0.1, 0.15) is 11.9 Å². The number of H-pyrrole nitrogens is 1. The van der Waals surface area contributed by atoms with Crippen molar-refractivity contribution in [1.29, 1.82) is 5.26 Å². The van der Waals surface area contributed by atoms with Crippen LogP contribution in [0.15, 0.2) is 36.4 Å². The van der Waals surface area contributed by atoms with Gasteiger partial charge in [0.2, 0.25) is 0 Å². The van der Waals surface area contributed by atoms with Gasteiger partial charge in [-0.3, -0.25) is 0 Å². The second kappa shape index (κ2) is 7.57. The Bertz CT molecular complexity index is 953. The Labute approximate surface area is 159 Å². The number of allylic oxidation sites excluding steroid dienone is 1. The van der Waals surface area contributed by atoms with Gasteiger partial charge in [0.05, 0.1) is 33.9 Å². The number of rotatable bonds is 5. The number of nitrogens with zero attached hydrogens (tertiary/aromatic N) is 2. The first-order chi connectivity index (χ1) is 12.2. The van der Waals surface area contributed by atoms with Gasteiger partial charge >= 0.3 is 0 Å². The third-order valence-electron chi connectivity index (χ3n) is 3.61. The Morgan fingerprint density at radius 2 is 2.16 bits per heavy atom. The molecular formula is C19H16IN3O2. The molecule has 3 aromatic rings. The number of aromatic amines is 1. The van der Waals surface area contributed by atoms with E-state index in [1.165, 1.54) is 0 Å². The minimum atomic E-state index is 0.458. The zero-order valence-corrected chi connectivity index (χ0v) is 16.0. The summed E-state index contributed by atoms with van der Waals surface area (Å²) in [6.45, 7) is 2.46. The second-order valence-electron chi connectivity index (χ2n) is 5.24. The number of imidazole rings is 1. The highest BCUT2D eigenvalue weighted by Gasteiger charge is 2.12. The number of hydrogen-bond acceptors (Lipinski definition) is 4. The maximum atomic E-state index is 9.57. The molecule has 0 aliphatic rings. The average molecular weight is 445 g/mol. The summed E-state index contributed by atoms with van der Waals surface area (Å²) in [5, 5.41) is 9.57. The minimum absolute atomic E-state index is 0.458. The average Bonchev–Trinajstić information content (AvgIpc) is 3.03. The number of fused-ring (bicyclic) bond motifs is 1. The summed E-state index contributed by atoms with van der Waals surface area (Å²) in [7, 11) is 1.62. The van der Waals surface area contributed by atoms with Gasteiger partial charge in [-0.25, -0.2) is 4.98 Å². The van der Waals surface area contributed by atoms with Gasteiger partial charge in [-0.2, -0.15) is 5.26 Å². The van der Waals surface area contributed by atoms with Gasteiger partial charge in [0.15, 0.2) is 11.5 Å². The van der Waals surface area contributed by atoms with E-state index in [1.54, 1.807) is 13.2 Å². The van der Waals surface area contributed by atoms with E-state index in [4.69, 9.17) is 9.47 Å². The van der Waals surface area contributed by atoms with Crippen molar-refractivity contribution >= 4 is 45.3 Å². The van der Waals surface area contributed by atoms with Crippen LogP contribution in [0.4, 0.5) is 0 Å². The van der Waals surface area contributed by atoms with Crippen molar-refractivity contribution in [3.63, 3.8) is 0 Å². The van der Waals surface area contributed by atoms with Gasteiger partial charge in [-0.15, -0.1) is 0 Å². The van der Waals surface area contributed by atoms with Crippen molar-refractivity contribution in [3.8, 4) is 17.6 Å². The van der Waals surface area contributed by atoms with Gasteiger partial charge in [-0.1, -0.05) is 12.1 Å². The van der Waals surface area contributed by atoms with Crippen LogP contribution >= 0.6 is 22.6 Å². The quantitative estimate of drug-likeness (QED) is 0.459. The molecular weight excluding hydrogens is 429 g/mol. The molecule has 1 heterocycles. The SMILES string of the molecule is CCOc1cc(/C=C(\C#N)c2nc3ccccc3[nH]2)cc(I)c1OC. The number of para-hydroxylation sites is 2. The Hall–Kier alpha value is -2.53. The second-order valence-corrected chi connectivity index (χ2v) is 6.40. The zero-order valence-electron chi connectivity index (χ0n) is 13.8. The Kier molecular flexibility index (Phi) is 5.24. The Morgan fingerprint density at radius 1 is 1.36 bits per heavy atom. The van der Waals surface area contributed by atoms with Gasteiger partial charge in [0.25, 0.3) is 0 Å². The van der Waals surface area contributed by atoms with Crippen molar-refractivity contribution < 1.29 is 9.47 Å². The molecule has 0 saturated heterocycles. The predicted molar refractivity (Wildman–Crippen MR) is 106 cm³/mol. The van der Waals surface area contributed by atoms with E-state index < -0.39 is 0 Å². The largest absolute Gasteiger partial charge is 0.492 e. The molecule has 126 valence electrons. The summed E-state index contributed by atoms with van der Waals surface area (Å²) in [6.07, 6.45) is 1.79. The van der Waals surface area contributed by atoms with Crippen LogP contribution in [0.1, 0.15) is 18.3 Å². The van der Waals surface area contributed by atoms with E-state index in [-0.39, 0.29) is 0 Å². The van der Waals surface area contributed by atoms with Crippen LogP contribution in [0, 0.1) is 14.9 Å². The molecule has 0 fully saturated rings. The smallest absolute Gasteiger partial charge is 0.174 e. The van der Waals surface area contributed by atoms with Gasteiger partial charge in [0, 0.05) is 0 Å². The molecule has 0 aliphatic carbocycles. The van der Waals surface area contributed by atoms with E-state index in [2.05, 4.69) is 38.6 Å². The van der Waals surface area contributed by atoms with E-state index in [1.807, 2.05) is 43.3 Å². The number of hydrogen-bond donors (Lipinski definition) is 1. The molecule has 5 nitrogen and oxygen atoms in total. The summed E-state index contributed by atoms with van der Waals surface area (Å²) in [4.78, 5) is 7.67. The number of nitriles is 1. The number of benzene rings is 2. The lowest BCUT2D eigenvalue weighted by molar-refractivity contribution is 0.309. The predicted octanol–water partition coefficient (Wildman–Crippen LogP) is 4.64. The zero-order chi connectivity index (χ0) is 17.8. The molecule has 0 spiro atoms. The number of ether oxygens (including phenoxy) is 2. The number of methoxy groups -OCH3 is 1. The molecule has 25 heavy (non-hydrogen) atoms. The maximum Gasteiger partial charge on any atom is 0.174 e. The monoisotopic (exact) mass is 445 g/mol. The topological polar surface area (TPSA) is 70.9 Å². The van der Waals surface area contributed by atoms with Crippen LogP contribution in [0.3, 0.4) is 0 Å². The lowest BCUT2D eigenvalue weighted by Gasteiger charge is -2.12. The number of nitrogens with one attached hydrogen (secondary N) is 1. The molecule has 1 N–H and O–H groups in total. The van der Waals surface area contributed by atoms with Crippen molar-refractivity contribution in [3.05, 3.63) is 51.4 Å². The molecule has 6 heteroatoms. The molecule has 0 aliphatic heterocycles. The molecule has 0 amide bonds. The Morgan fingerprint density at radius 3 is 2.84 bits per heavy atom. The van der Waals surface area contributed by atoms with Crippen molar-refractivity contribution in [2.75, 3.05) is 13.7 Å². The fraction of sp³-hybridized carbons (Fsp3) is 0.158. The molecule has 0 saturated carbocycles. The molecule has 0 bridgehead atoms. The van der Waals surface area contributed by atoms with Gasteiger partial charge < -0.3 is 14.5 Å². The number of halogens is 1. The summed E-state index contributed by atoms with van der Waals surface area (Å²) < 4.78 is 12.0. The third-order valence-corrected chi connectivity index (χ3v) is 4.41. The van der Waals surface area contributed by atoms with Crippen LogP contribution in [0.2, 0.25) is 0 Å². The van der Waals surface area contributed by atoms with E-state index in [9.17, 15) is 5.26 Å². The first-order valence-electron chi connectivity index (χ1n) is 7.73. The summed E-state index contributed by atoms with van der Waals surface area (Å²) in [6, 6.07) is 13.7. The number of aromatic nitrogens is 2. The molecule has 0 atom stereocenters. The minimum Gasteiger partial charge on any atom is -0.492 e. The van der Waals surface area contributed by atoms with Crippen LogP contribution in [0.25, 0.3) is 22.7 Å². The van der Waals surface area contributed by atoms with Crippen LogP contribution < -0.4 is 9.47 Å². The standard InChI is InChI=1S/C19H16IN3O2/c1-3-25-17-10-12(9-14(20)18(17)24-2)8-13(11-21)19-22-15-6-4-5-7-16(15)23-19/h4-10H,3H2,1-2H3,(H,22,23)/b13-8+. The molecule has 3 rings (SSSR count). The highest BCUT2D eigenvalue weighted by molar-refractivity contribution is 14.1. The van der Waals surface area contributed by atoms with Crippen LogP contribution in [-0.4, -0.2) is 23.7 Å². The Balaban J connectivity index is 2.06. The lowest BCUT2D eigenvalue weighted by Crippen LogP contribution is -1.98. The van der Waals surface area contributed by atoms with Crippen molar-refractivity contribution in [1.82, 2.24) is 9.97 Å². The third kappa shape index (κ3) is 3.61. The highest BCUT2D eigenvalue weighted by atomic mass is 127. The summed E-state index contributed by atoms with van der Waals surface area (Å²) >= 11 is 2.20. The van der Waals surface area contributed by atoms with Crippen molar-refractivity contribution in [2.45, 2.75) is 6.92 Å². The van der Waals surface area contributed by atoms with E-state index in [0.717, 1.165) is 20.2 Å². The fourth-order valence-electron chi connectivity index (χ4n) is 2.53. The highest BCUT2D eigenvalue weighted by Crippen LogP contribution is 2.35. The normalized spacial score (nSPS) is 11.4. The molecule has 0 radical (unpaired) electrons. The molecule has 2 aromatic carbocycles. The first kappa shape index (κ1) is 17.3. The van der Waals surface area contributed by atoms with E-state index in [0.29, 0.717) is 29.5 Å². The summed E-state index contributed by atoms with van der Waals surface area (Å²) in [5.41, 5.74) is 3.04. The maximum absolute atomic E-state index is 9.57. The van der Waals surface area contributed by atoms with Crippen molar-refractivity contribution in [2.24, 2.45) is 0 Å². The summed E-state index contributed by atoms with van der Waals surface area (Å²) in [5.74, 6) is 1.90. The van der Waals surface area contributed by atoms with Crippen LogP contribution in [0.5, 0.6) is 11.5 Å². The van der Waals surface area contributed by atoms with E-state index >= 15 is 0 Å². The van der Waals surface area contributed by atoms with Crippen LogP contribution in [-0.2, 0) is 0 Å². The lowest BCUT2D eigenvalue weighted by atomic mass is 10.1. The van der Waals surface area contributed by atoms with Gasteiger partial charge in [-0.05, 0) is 65.4 Å². The fourth-order valence-corrected chi connectivity index (χ4v) is 3.38. The molecule has 1 aromatic heterocycles. The molecule has 0 unspecified atom stereocenters.